The summed E-state index contributed by atoms with van der Waals surface area (Å²) in [7, 11) is 0. The number of hydrogen-bond acceptors (Lipinski definition) is 7. The largest absolute Gasteiger partial charge is 0.368 e. The molecule has 2 N–H and O–H groups in total. The van der Waals surface area contributed by atoms with Crippen molar-refractivity contribution in [1.82, 2.24) is 24.5 Å². The molecule has 162 valence electrons. The predicted molar refractivity (Wildman–Crippen MR) is 126 cm³/mol. The first-order valence-electron chi connectivity index (χ1n) is 9.77. The molecule has 0 amide bonds. The van der Waals surface area contributed by atoms with Crippen molar-refractivity contribution >= 4 is 40.8 Å². The van der Waals surface area contributed by atoms with Crippen LogP contribution >= 0.6 is 23.2 Å². The Kier molecular flexibility index (Phi) is 6.63. The highest BCUT2D eigenvalue weighted by molar-refractivity contribution is 6.35. The number of Topliss-reactive ketones (excluding diaryl/α,β-unsaturated/α-hetero) is 1. The summed E-state index contributed by atoms with van der Waals surface area (Å²) in [5.74, 6) is 1.16. The number of benzene rings is 1. The summed E-state index contributed by atoms with van der Waals surface area (Å²) in [5, 5.41) is 7.45. The van der Waals surface area contributed by atoms with Gasteiger partial charge in [0, 0.05) is 36.1 Å². The van der Waals surface area contributed by atoms with Gasteiger partial charge < -0.3 is 10.6 Å². The molecule has 0 bridgehead atoms. The summed E-state index contributed by atoms with van der Waals surface area (Å²) in [4.78, 5) is 28.7. The molecule has 0 atom stereocenters. The first-order valence-corrected chi connectivity index (χ1v) is 10.5. The number of carbonyl (C=O) groups excluding carboxylic acids is 1. The van der Waals surface area contributed by atoms with Crippen molar-refractivity contribution in [3.05, 3.63) is 76.9 Å². The van der Waals surface area contributed by atoms with Crippen LogP contribution in [0.1, 0.15) is 17.3 Å². The number of pyridine rings is 1. The van der Waals surface area contributed by atoms with E-state index in [2.05, 4.69) is 30.6 Å². The van der Waals surface area contributed by atoms with Gasteiger partial charge in [0.2, 0.25) is 5.95 Å². The zero-order chi connectivity index (χ0) is 22.5. The lowest BCUT2D eigenvalue weighted by molar-refractivity contribution is 0.101. The van der Waals surface area contributed by atoms with Gasteiger partial charge >= 0.3 is 0 Å². The summed E-state index contributed by atoms with van der Waals surface area (Å²) >= 11 is 12.4. The molecule has 0 unspecified atom stereocenters. The van der Waals surface area contributed by atoms with Crippen LogP contribution in [-0.4, -0.2) is 43.4 Å². The monoisotopic (exact) mass is 467 g/mol. The highest BCUT2D eigenvalue weighted by Crippen LogP contribution is 2.28. The third kappa shape index (κ3) is 5.04. The highest BCUT2D eigenvalue weighted by atomic mass is 35.5. The summed E-state index contributed by atoms with van der Waals surface area (Å²) in [6, 6.07) is 10.6. The molecule has 32 heavy (non-hydrogen) atoms. The van der Waals surface area contributed by atoms with Crippen molar-refractivity contribution in [3.8, 4) is 17.1 Å². The summed E-state index contributed by atoms with van der Waals surface area (Å²) < 4.78 is 1.85. The van der Waals surface area contributed by atoms with Crippen LogP contribution in [0, 0.1) is 0 Å². The molecule has 3 aromatic heterocycles. The number of imidazole rings is 1. The summed E-state index contributed by atoms with van der Waals surface area (Å²) in [6.45, 7) is 2.68. The van der Waals surface area contributed by atoms with Gasteiger partial charge in [0.05, 0.1) is 34.6 Å². The predicted octanol–water partition coefficient (Wildman–Crippen LogP) is 4.76. The van der Waals surface area contributed by atoms with Gasteiger partial charge in [0.25, 0.3) is 0 Å². The first-order chi connectivity index (χ1) is 15.5. The van der Waals surface area contributed by atoms with E-state index in [-0.39, 0.29) is 5.78 Å². The fourth-order valence-electron chi connectivity index (χ4n) is 3.01. The van der Waals surface area contributed by atoms with Crippen LogP contribution in [0.4, 0.5) is 11.8 Å². The Morgan fingerprint density at radius 2 is 1.88 bits per heavy atom. The van der Waals surface area contributed by atoms with Crippen LogP contribution < -0.4 is 10.6 Å². The topological polar surface area (TPSA) is 97.6 Å². The molecule has 0 spiro atoms. The van der Waals surface area contributed by atoms with E-state index >= 15 is 0 Å². The number of anilines is 2. The number of nitrogens with zero attached hydrogens (tertiary/aromatic N) is 5. The summed E-state index contributed by atoms with van der Waals surface area (Å²) in [5.41, 5.74) is 2.80. The number of halogens is 2. The maximum absolute atomic E-state index is 11.3. The minimum absolute atomic E-state index is 0.0116. The standard InChI is InChI=1S/C22H19Cl2N7O/c1-14(32)15-2-5-21(29-11-15)26-8-9-28-22-27-7-6-18(30-22)20-12-25-13-31(20)19-4-3-16(23)10-17(19)24/h2-7,10-13H,8-9H2,1H3,(H,26,29)(H,27,28,30). The van der Waals surface area contributed by atoms with Crippen molar-refractivity contribution in [1.29, 1.82) is 0 Å². The second kappa shape index (κ2) is 9.76. The molecule has 4 aromatic rings. The Bertz CT molecular complexity index is 1240. The molecule has 0 saturated heterocycles. The highest BCUT2D eigenvalue weighted by Gasteiger charge is 2.12. The molecular formula is C22H19Cl2N7O. The van der Waals surface area contributed by atoms with Gasteiger partial charge in [-0.15, -0.1) is 0 Å². The lowest BCUT2D eigenvalue weighted by Gasteiger charge is -2.11. The van der Waals surface area contributed by atoms with Crippen molar-refractivity contribution in [3.63, 3.8) is 0 Å². The maximum Gasteiger partial charge on any atom is 0.223 e. The van der Waals surface area contributed by atoms with Crippen LogP contribution in [0.3, 0.4) is 0 Å². The van der Waals surface area contributed by atoms with E-state index in [1.807, 2.05) is 10.6 Å². The van der Waals surface area contributed by atoms with Gasteiger partial charge in [-0.3, -0.25) is 9.36 Å². The fraction of sp³-hybridized carbons (Fsp3) is 0.136. The van der Waals surface area contributed by atoms with E-state index in [9.17, 15) is 4.79 Å². The zero-order valence-corrected chi connectivity index (χ0v) is 18.6. The number of nitrogens with one attached hydrogen (secondary N) is 2. The Labute approximate surface area is 194 Å². The van der Waals surface area contributed by atoms with Crippen molar-refractivity contribution in [2.24, 2.45) is 0 Å². The third-order valence-electron chi connectivity index (χ3n) is 4.61. The van der Waals surface area contributed by atoms with Crippen LogP contribution in [-0.2, 0) is 0 Å². The number of rotatable bonds is 8. The maximum atomic E-state index is 11.3. The fourth-order valence-corrected chi connectivity index (χ4v) is 3.51. The second-order valence-corrected chi connectivity index (χ2v) is 7.70. The molecule has 3 heterocycles. The SMILES string of the molecule is CC(=O)c1ccc(NCCNc2nccc(-c3cncn3-c3ccc(Cl)cc3Cl)n2)nc1. The van der Waals surface area contributed by atoms with Crippen LogP contribution in [0.5, 0.6) is 0 Å². The van der Waals surface area contributed by atoms with Gasteiger partial charge in [0.1, 0.15) is 5.82 Å². The van der Waals surface area contributed by atoms with Gasteiger partial charge in [-0.05, 0) is 43.3 Å². The number of hydrogen-bond donors (Lipinski definition) is 2. The quantitative estimate of drug-likeness (QED) is 0.284. The van der Waals surface area contributed by atoms with Crippen LogP contribution in [0.15, 0.2) is 61.3 Å². The van der Waals surface area contributed by atoms with Crippen molar-refractivity contribution in [2.75, 3.05) is 23.7 Å². The number of carbonyl (C=O) groups is 1. The Balaban J connectivity index is 1.41. The normalized spacial score (nSPS) is 10.7. The van der Waals surface area contributed by atoms with E-state index in [0.717, 1.165) is 11.4 Å². The first kappa shape index (κ1) is 21.7. The third-order valence-corrected chi connectivity index (χ3v) is 5.15. The van der Waals surface area contributed by atoms with E-state index in [1.165, 1.54) is 6.92 Å². The molecule has 4 rings (SSSR count). The molecule has 0 aliphatic heterocycles. The molecule has 0 fully saturated rings. The molecule has 1 aromatic carbocycles. The Morgan fingerprint density at radius 3 is 2.62 bits per heavy atom. The van der Waals surface area contributed by atoms with Gasteiger partial charge in [0.15, 0.2) is 5.78 Å². The number of aromatic nitrogens is 5. The Morgan fingerprint density at radius 1 is 1.03 bits per heavy atom. The average molecular weight is 468 g/mol. The van der Waals surface area contributed by atoms with Crippen molar-refractivity contribution < 1.29 is 4.79 Å². The molecule has 8 nitrogen and oxygen atoms in total. The van der Waals surface area contributed by atoms with Gasteiger partial charge in [-0.2, -0.15) is 0 Å². The smallest absolute Gasteiger partial charge is 0.223 e. The second-order valence-electron chi connectivity index (χ2n) is 6.85. The van der Waals surface area contributed by atoms with E-state index in [0.29, 0.717) is 46.2 Å². The van der Waals surface area contributed by atoms with E-state index in [1.54, 1.807) is 55.2 Å². The molecule has 0 saturated carbocycles. The van der Waals surface area contributed by atoms with Gasteiger partial charge in [-0.1, -0.05) is 23.2 Å². The number of ketones is 1. The lowest BCUT2D eigenvalue weighted by atomic mass is 10.2. The minimum atomic E-state index is -0.0116. The zero-order valence-electron chi connectivity index (χ0n) is 17.1. The van der Waals surface area contributed by atoms with Crippen LogP contribution in [0.25, 0.3) is 17.1 Å². The van der Waals surface area contributed by atoms with E-state index in [4.69, 9.17) is 23.2 Å². The molecule has 0 radical (unpaired) electrons. The molecule has 0 aliphatic rings. The van der Waals surface area contributed by atoms with Gasteiger partial charge in [-0.25, -0.2) is 19.9 Å². The molecule has 10 heteroatoms. The summed E-state index contributed by atoms with van der Waals surface area (Å²) in [6.07, 6.45) is 6.63. The molecule has 0 aliphatic carbocycles. The van der Waals surface area contributed by atoms with E-state index < -0.39 is 0 Å². The van der Waals surface area contributed by atoms with Crippen molar-refractivity contribution in [2.45, 2.75) is 6.92 Å². The average Bonchev–Trinajstić information content (AvgIpc) is 3.27. The lowest BCUT2D eigenvalue weighted by Crippen LogP contribution is -2.16. The minimum Gasteiger partial charge on any atom is -0.368 e. The van der Waals surface area contributed by atoms with Crippen LogP contribution in [0.2, 0.25) is 10.0 Å². The molecular weight excluding hydrogens is 449 g/mol. The Hall–Kier alpha value is -3.49.